The molecule has 0 bridgehead atoms. The number of carbonyl (C=O) groups excluding carboxylic acids is 2. The number of amides is 1. The van der Waals surface area contributed by atoms with Gasteiger partial charge in [0, 0.05) is 44.6 Å². The number of nitrogens with two attached hydrogens (primary N) is 1. The van der Waals surface area contributed by atoms with Crippen molar-refractivity contribution < 1.29 is 51.7 Å². The SMILES string of the molecule is CN(CCCC(=O)O)C(=O)C1CCN(c2ncc(C(=O)Oc3ccc(C(=N)N)cc3F)s2)CC1.O=C(O)C(F)(F)F. The van der Waals surface area contributed by atoms with Gasteiger partial charge in [-0.1, -0.05) is 11.3 Å². The van der Waals surface area contributed by atoms with Crippen LogP contribution in [0.4, 0.5) is 22.7 Å². The summed E-state index contributed by atoms with van der Waals surface area (Å²) in [5.41, 5.74) is 5.51. The first kappa shape index (κ1) is 32.9. The van der Waals surface area contributed by atoms with Gasteiger partial charge in [-0.2, -0.15) is 13.2 Å². The number of carboxylic acid groups (broad SMARTS) is 2. The summed E-state index contributed by atoms with van der Waals surface area (Å²) in [4.78, 5) is 52.6. The van der Waals surface area contributed by atoms with Gasteiger partial charge < -0.3 is 30.5 Å². The molecule has 1 aromatic heterocycles. The van der Waals surface area contributed by atoms with E-state index in [-0.39, 0.29) is 40.3 Å². The zero-order chi connectivity index (χ0) is 30.9. The van der Waals surface area contributed by atoms with Gasteiger partial charge in [0.2, 0.25) is 5.91 Å². The van der Waals surface area contributed by atoms with Gasteiger partial charge in [-0.3, -0.25) is 15.0 Å². The fourth-order valence-corrected chi connectivity index (χ4v) is 4.46. The van der Waals surface area contributed by atoms with Crippen molar-refractivity contribution >= 4 is 46.1 Å². The van der Waals surface area contributed by atoms with Gasteiger partial charge in [-0.15, -0.1) is 0 Å². The molecule has 41 heavy (non-hydrogen) atoms. The van der Waals surface area contributed by atoms with Gasteiger partial charge >= 0.3 is 24.1 Å². The lowest BCUT2D eigenvalue weighted by molar-refractivity contribution is -0.192. The van der Waals surface area contributed by atoms with Crippen LogP contribution in [-0.2, 0) is 14.4 Å². The van der Waals surface area contributed by atoms with Crippen LogP contribution >= 0.6 is 11.3 Å². The molecule has 224 valence electrons. The van der Waals surface area contributed by atoms with Crippen LogP contribution in [0.5, 0.6) is 5.75 Å². The van der Waals surface area contributed by atoms with E-state index >= 15 is 0 Å². The second kappa shape index (κ2) is 14.4. The number of nitrogen functional groups attached to an aromatic ring is 1. The number of carbonyl (C=O) groups is 4. The lowest BCUT2D eigenvalue weighted by Crippen LogP contribution is -2.41. The maximum atomic E-state index is 14.1. The molecule has 1 aliphatic rings. The van der Waals surface area contributed by atoms with E-state index in [0.29, 0.717) is 44.0 Å². The van der Waals surface area contributed by atoms with Crippen LogP contribution in [0.1, 0.15) is 40.9 Å². The molecule has 2 heterocycles. The topological polar surface area (TPSA) is 187 Å². The average Bonchev–Trinajstić information content (AvgIpc) is 3.39. The maximum Gasteiger partial charge on any atom is 0.490 e. The highest BCUT2D eigenvalue weighted by atomic mass is 32.1. The number of thiazole rings is 1. The second-order valence-corrected chi connectivity index (χ2v) is 9.79. The lowest BCUT2D eigenvalue weighted by Gasteiger charge is -2.33. The van der Waals surface area contributed by atoms with Crippen LogP contribution in [0.3, 0.4) is 0 Å². The standard InChI is InChI=1S/C22H26FN5O5S.C2HF3O2/c1-27(8-2-3-18(29)30)20(31)13-6-9-28(10-7-13)22-26-12-17(34-22)21(32)33-16-5-4-14(19(24)25)11-15(16)23;3-2(4,5)1(6)7/h4-5,11-13H,2-3,6-10H2,1H3,(H3,24,25)(H,29,30);(H,6,7). The molecule has 0 atom stereocenters. The Labute approximate surface area is 234 Å². The number of carboxylic acids is 2. The molecule has 1 aliphatic heterocycles. The molecule has 0 radical (unpaired) electrons. The Morgan fingerprint density at radius 3 is 2.34 bits per heavy atom. The number of esters is 1. The number of nitrogens with zero attached hydrogens (tertiary/aromatic N) is 3. The Kier molecular flexibility index (Phi) is 11.5. The van der Waals surface area contributed by atoms with E-state index in [4.69, 9.17) is 30.9 Å². The maximum absolute atomic E-state index is 14.1. The van der Waals surface area contributed by atoms with Crippen molar-refractivity contribution in [1.82, 2.24) is 9.88 Å². The molecule has 1 aromatic carbocycles. The normalized spacial score (nSPS) is 13.5. The van der Waals surface area contributed by atoms with Crippen LogP contribution in [-0.4, -0.2) is 82.6 Å². The van der Waals surface area contributed by atoms with Crippen LogP contribution in [0.2, 0.25) is 0 Å². The van der Waals surface area contributed by atoms with E-state index in [1.165, 1.54) is 18.3 Å². The zero-order valence-electron chi connectivity index (χ0n) is 21.6. The highest BCUT2D eigenvalue weighted by Crippen LogP contribution is 2.29. The summed E-state index contributed by atoms with van der Waals surface area (Å²) in [6.45, 7) is 1.58. The lowest BCUT2D eigenvalue weighted by atomic mass is 9.95. The predicted molar refractivity (Wildman–Crippen MR) is 138 cm³/mol. The van der Waals surface area contributed by atoms with E-state index in [1.54, 1.807) is 11.9 Å². The van der Waals surface area contributed by atoms with Crippen LogP contribution < -0.4 is 15.4 Å². The van der Waals surface area contributed by atoms with Crippen LogP contribution in [0, 0.1) is 17.1 Å². The van der Waals surface area contributed by atoms with Gasteiger partial charge in [-0.25, -0.2) is 19.0 Å². The van der Waals surface area contributed by atoms with Gasteiger partial charge in [-0.05, 0) is 37.5 Å². The Morgan fingerprint density at radius 2 is 1.83 bits per heavy atom. The highest BCUT2D eigenvalue weighted by Gasteiger charge is 2.38. The molecule has 12 nitrogen and oxygen atoms in total. The number of rotatable bonds is 9. The summed E-state index contributed by atoms with van der Waals surface area (Å²) >= 11 is 1.12. The number of anilines is 1. The first-order valence-electron chi connectivity index (χ1n) is 11.9. The van der Waals surface area contributed by atoms with Gasteiger partial charge in [0.05, 0.1) is 6.20 Å². The number of alkyl halides is 3. The van der Waals surface area contributed by atoms with Crippen molar-refractivity contribution in [1.29, 1.82) is 5.41 Å². The summed E-state index contributed by atoms with van der Waals surface area (Å²) in [5.74, 6) is -5.88. The molecule has 3 rings (SSSR count). The third-order valence-corrected chi connectivity index (χ3v) is 6.80. The van der Waals surface area contributed by atoms with Crippen LogP contribution in [0.25, 0.3) is 0 Å². The fourth-order valence-electron chi connectivity index (χ4n) is 3.61. The van der Waals surface area contributed by atoms with Crippen LogP contribution in [0.15, 0.2) is 24.4 Å². The van der Waals surface area contributed by atoms with Crippen molar-refractivity contribution in [2.75, 3.05) is 31.6 Å². The summed E-state index contributed by atoms with van der Waals surface area (Å²) in [7, 11) is 1.69. The molecule has 5 N–H and O–H groups in total. The monoisotopic (exact) mass is 605 g/mol. The quantitative estimate of drug-likeness (QED) is 0.109. The Bertz CT molecular complexity index is 1280. The average molecular weight is 606 g/mol. The van der Waals surface area contributed by atoms with E-state index in [9.17, 15) is 31.9 Å². The molecular formula is C24H27F4N5O7S. The molecule has 0 unspecified atom stereocenters. The third-order valence-electron chi connectivity index (χ3n) is 5.76. The molecule has 1 saturated heterocycles. The first-order valence-corrected chi connectivity index (χ1v) is 12.8. The smallest absolute Gasteiger partial charge is 0.481 e. The summed E-state index contributed by atoms with van der Waals surface area (Å²) < 4.78 is 51.0. The minimum atomic E-state index is -5.08. The molecule has 1 fully saturated rings. The van der Waals surface area contributed by atoms with E-state index in [2.05, 4.69) is 4.98 Å². The summed E-state index contributed by atoms with van der Waals surface area (Å²) in [6, 6.07) is 3.66. The van der Waals surface area contributed by atoms with Crippen molar-refractivity contribution in [2.45, 2.75) is 31.9 Å². The molecule has 2 aromatic rings. The minimum Gasteiger partial charge on any atom is -0.481 e. The number of hydrogen-bond acceptors (Lipinski definition) is 9. The number of aliphatic carboxylic acids is 2. The molecular weight excluding hydrogens is 578 g/mol. The van der Waals surface area contributed by atoms with Gasteiger partial charge in [0.25, 0.3) is 0 Å². The molecule has 1 amide bonds. The van der Waals surface area contributed by atoms with E-state index < -0.39 is 29.9 Å². The highest BCUT2D eigenvalue weighted by molar-refractivity contribution is 7.17. The predicted octanol–water partition coefficient (Wildman–Crippen LogP) is 2.96. The number of ether oxygens (including phenoxy) is 1. The van der Waals surface area contributed by atoms with Gasteiger partial charge in [0.15, 0.2) is 16.7 Å². The van der Waals surface area contributed by atoms with E-state index in [1.807, 2.05) is 4.90 Å². The Balaban J connectivity index is 0.000000745. The summed E-state index contributed by atoms with van der Waals surface area (Å²) in [6.07, 6.45) is -2.03. The van der Waals surface area contributed by atoms with Gasteiger partial charge in [0.1, 0.15) is 10.7 Å². The minimum absolute atomic E-state index is 0.00580. The Morgan fingerprint density at radius 1 is 1.22 bits per heavy atom. The van der Waals surface area contributed by atoms with Crippen molar-refractivity contribution in [3.63, 3.8) is 0 Å². The second-order valence-electron chi connectivity index (χ2n) is 8.78. The number of hydrogen-bond donors (Lipinski definition) is 4. The largest absolute Gasteiger partial charge is 0.490 e. The molecule has 17 heteroatoms. The van der Waals surface area contributed by atoms with Crippen molar-refractivity contribution in [2.24, 2.45) is 11.7 Å². The number of halogens is 4. The fraction of sp³-hybridized carbons (Fsp3) is 0.417. The van der Waals surface area contributed by atoms with E-state index in [0.717, 1.165) is 17.4 Å². The van der Waals surface area contributed by atoms with Crippen molar-refractivity contribution in [3.05, 3.63) is 40.7 Å². The molecule has 0 saturated carbocycles. The van der Waals surface area contributed by atoms with Crippen molar-refractivity contribution in [3.8, 4) is 5.75 Å². The summed E-state index contributed by atoms with van der Waals surface area (Å²) in [5, 5.41) is 23.8. The number of aromatic nitrogens is 1. The third kappa shape index (κ3) is 10.0. The zero-order valence-corrected chi connectivity index (χ0v) is 22.4. The Hall–Kier alpha value is -4.28. The number of nitrogens with one attached hydrogen (secondary N) is 1. The molecule has 0 aliphatic carbocycles. The first-order chi connectivity index (χ1) is 19.1. The number of piperidine rings is 1. The number of amidine groups is 1. The molecule has 0 spiro atoms. The number of benzene rings is 1.